The maximum Gasteiger partial charge on any atom is 0.244 e. The third kappa shape index (κ3) is 2.96. The third-order valence-corrected chi connectivity index (χ3v) is 4.94. The van der Waals surface area contributed by atoms with E-state index in [9.17, 15) is 0 Å². The number of nitrogens with one attached hydrogen (secondary N) is 1. The van der Waals surface area contributed by atoms with Crippen molar-refractivity contribution in [2.75, 3.05) is 20.3 Å². The Morgan fingerprint density at radius 1 is 1.50 bits per heavy atom. The first-order valence-electron chi connectivity index (χ1n) is 6.21. The van der Waals surface area contributed by atoms with Crippen LogP contribution in [0, 0.1) is 0 Å². The van der Waals surface area contributed by atoms with Crippen LogP contribution in [0.5, 0.6) is 5.88 Å². The van der Waals surface area contributed by atoms with Crippen molar-refractivity contribution in [1.82, 2.24) is 9.69 Å². The molecule has 0 aromatic carbocycles. The summed E-state index contributed by atoms with van der Waals surface area (Å²) in [5.41, 5.74) is 0.179. The van der Waals surface area contributed by atoms with Gasteiger partial charge in [-0.05, 0) is 30.8 Å². The van der Waals surface area contributed by atoms with Gasteiger partial charge in [-0.2, -0.15) is 4.37 Å². The molecule has 1 aliphatic rings. The van der Waals surface area contributed by atoms with Crippen LogP contribution < -0.4 is 10.1 Å². The zero-order valence-corrected chi connectivity index (χ0v) is 12.4. The fourth-order valence-electron chi connectivity index (χ4n) is 2.22. The predicted octanol–water partition coefficient (Wildman–Crippen LogP) is 2.85. The van der Waals surface area contributed by atoms with Crippen LogP contribution in [-0.4, -0.2) is 30.2 Å². The summed E-state index contributed by atoms with van der Waals surface area (Å²) in [4.78, 5) is 1.04. The topological polar surface area (TPSA) is 43.4 Å². The van der Waals surface area contributed by atoms with E-state index in [1.54, 1.807) is 7.11 Å². The second-order valence-corrected chi connectivity index (χ2v) is 5.76. The SMILES string of the molecule is CCC1(NCc2snc(OC)c2Cl)CCOCC1. The van der Waals surface area contributed by atoms with Gasteiger partial charge in [0.25, 0.3) is 0 Å². The highest BCUT2D eigenvalue weighted by Crippen LogP contribution is 2.32. The molecule has 6 heteroatoms. The fraction of sp³-hybridized carbons (Fsp3) is 0.750. The Labute approximate surface area is 117 Å². The van der Waals surface area contributed by atoms with E-state index in [4.69, 9.17) is 21.1 Å². The van der Waals surface area contributed by atoms with Crippen LogP contribution in [0.3, 0.4) is 0 Å². The zero-order valence-electron chi connectivity index (χ0n) is 10.8. The summed E-state index contributed by atoms with van der Waals surface area (Å²) < 4.78 is 14.7. The summed E-state index contributed by atoms with van der Waals surface area (Å²) in [5.74, 6) is 0.524. The standard InChI is InChI=1S/C12H19ClN2O2S/c1-3-12(4-6-17-7-5-12)14-8-9-10(13)11(16-2)15-18-9/h14H,3-8H2,1-2H3. The molecule has 0 radical (unpaired) electrons. The van der Waals surface area contributed by atoms with Crippen LogP contribution >= 0.6 is 23.1 Å². The highest BCUT2D eigenvalue weighted by atomic mass is 35.5. The summed E-state index contributed by atoms with van der Waals surface area (Å²) in [5, 5.41) is 4.26. The van der Waals surface area contributed by atoms with Crippen LogP contribution in [0.4, 0.5) is 0 Å². The normalized spacial score (nSPS) is 18.8. The quantitative estimate of drug-likeness (QED) is 0.905. The average molecular weight is 291 g/mol. The molecule has 102 valence electrons. The maximum atomic E-state index is 6.19. The molecule has 2 rings (SSSR count). The first kappa shape index (κ1) is 14.1. The lowest BCUT2D eigenvalue weighted by Gasteiger charge is -2.37. The molecule has 0 spiro atoms. The Morgan fingerprint density at radius 2 is 2.22 bits per heavy atom. The van der Waals surface area contributed by atoms with Crippen LogP contribution in [-0.2, 0) is 11.3 Å². The fourth-order valence-corrected chi connectivity index (χ4v) is 3.22. The second-order valence-electron chi connectivity index (χ2n) is 4.53. The van der Waals surface area contributed by atoms with E-state index in [-0.39, 0.29) is 5.54 Å². The Hall–Kier alpha value is -0.360. The molecule has 4 nitrogen and oxygen atoms in total. The molecule has 1 saturated heterocycles. The summed E-state index contributed by atoms with van der Waals surface area (Å²) >= 11 is 7.59. The summed E-state index contributed by atoms with van der Waals surface area (Å²) in [7, 11) is 1.59. The highest BCUT2D eigenvalue weighted by molar-refractivity contribution is 7.06. The third-order valence-electron chi connectivity index (χ3n) is 3.62. The molecule has 18 heavy (non-hydrogen) atoms. The first-order valence-corrected chi connectivity index (χ1v) is 7.37. The van der Waals surface area contributed by atoms with Gasteiger partial charge in [0.15, 0.2) is 0 Å². The molecule has 1 fully saturated rings. The molecule has 1 aromatic rings. The van der Waals surface area contributed by atoms with Gasteiger partial charge in [-0.15, -0.1) is 0 Å². The van der Waals surface area contributed by atoms with Crippen molar-refractivity contribution in [2.45, 2.75) is 38.3 Å². The lowest BCUT2D eigenvalue weighted by molar-refractivity contribution is 0.0358. The zero-order chi connectivity index (χ0) is 13.0. The van der Waals surface area contributed by atoms with Crippen LogP contribution in [0.2, 0.25) is 5.02 Å². The van der Waals surface area contributed by atoms with Gasteiger partial charge in [-0.3, -0.25) is 0 Å². The predicted molar refractivity (Wildman–Crippen MR) is 73.6 cm³/mol. The van der Waals surface area contributed by atoms with Gasteiger partial charge in [0.05, 0.1) is 12.0 Å². The number of methoxy groups -OCH3 is 1. The van der Waals surface area contributed by atoms with Gasteiger partial charge in [-0.1, -0.05) is 18.5 Å². The molecule has 1 aromatic heterocycles. The van der Waals surface area contributed by atoms with Crippen molar-refractivity contribution in [2.24, 2.45) is 0 Å². The van der Waals surface area contributed by atoms with Crippen molar-refractivity contribution in [3.8, 4) is 5.88 Å². The number of aromatic nitrogens is 1. The molecular weight excluding hydrogens is 272 g/mol. The smallest absolute Gasteiger partial charge is 0.244 e. The minimum atomic E-state index is 0.179. The Bertz CT molecular complexity index is 391. The largest absolute Gasteiger partial charge is 0.479 e. The number of nitrogens with zero attached hydrogens (tertiary/aromatic N) is 1. The maximum absolute atomic E-state index is 6.19. The van der Waals surface area contributed by atoms with Crippen molar-refractivity contribution in [3.63, 3.8) is 0 Å². The lowest BCUT2D eigenvalue weighted by Crippen LogP contribution is -2.48. The van der Waals surface area contributed by atoms with E-state index in [0.717, 1.165) is 43.9 Å². The lowest BCUT2D eigenvalue weighted by atomic mass is 9.87. The molecule has 1 N–H and O–H groups in total. The number of rotatable bonds is 5. The van der Waals surface area contributed by atoms with E-state index < -0.39 is 0 Å². The molecule has 0 saturated carbocycles. The van der Waals surface area contributed by atoms with Crippen molar-refractivity contribution in [3.05, 3.63) is 9.90 Å². The average Bonchev–Trinajstić information content (AvgIpc) is 2.78. The summed E-state index contributed by atoms with van der Waals surface area (Å²) in [6, 6.07) is 0. The number of halogens is 1. The Kier molecular flexibility index (Phi) is 4.84. The summed E-state index contributed by atoms with van der Waals surface area (Å²) in [6.45, 7) is 4.63. The molecule has 0 aliphatic carbocycles. The first-order chi connectivity index (χ1) is 8.71. The van der Waals surface area contributed by atoms with E-state index in [2.05, 4.69) is 16.6 Å². The highest BCUT2D eigenvalue weighted by Gasteiger charge is 2.30. The van der Waals surface area contributed by atoms with Gasteiger partial charge in [0, 0.05) is 25.3 Å². The number of hydrogen-bond donors (Lipinski definition) is 1. The van der Waals surface area contributed by atoms with Crippen LogP contribution in [0.15, 0.2) is 0 Å². The van der Waals surface area contributed by atoms with Gasteiger partial charge >= 0.3 is 0 Å². The van der Waals surface area contributed by atoms with Crippen molar-refractivity contribution < 1.29 is 9.47 Å². The van der Waals surface area contributed by atoms with Gasteiger partial charge in [0.2, 0.25) is 5.88 Å². The van der Waals surface area contributed by atoms with Crippen molar-refractivity contribution in [1.29, 1.82) is 0 Å². The Morgan fingerprint density at radius 3 is 2.78 bits per heavy atom. The van der Waals surface area contributed by atoms with E-state index in [1.165, 1.54) is 11.5 Å². The number of hydrogen-bond acceptors (Lipinski definition) is 5. The molecule has 0 bridgehead atoms. The Balaban J connectivity index is 1.98. The minimum absolute atomic E-state index is 0.179. The molecule has 0 unspecified atom stereocenters. The molecule has 2 heterocycles. The van der Waals surface area contributed by atoms with Crippen molar-refractivity contribution >= 4 is 23.1 Å². The van der Waals surface area contributed by atoms with Gasteiger partial charge in [-0.25, -0.2) is 0 Å². The summed E-state index contributed by atoms with van der Waals surface area (Å²) in [6.07, 6.45) is 3.21. The van der Waals surface area contributed by atoms with Crippen LogP contribution in [0.25, 0.3) is 0 Å². The van der Waals surface area contributed by atoms with E-state index in [0.29, 0.717) is 10.9 Å². The number of ether oxygens (including phenoxy) is 2. The van der Waals surface area contributed by atoms with Gasteiger partial charge in [0.1, 0.15) is 5.02 Å². The molecular formula is C12H19ClN2O2S. The minimum Gasteiger partial charge on any atom is -0.479 e. The molecule has 1 aliphatic heterocycles. The van der Waals surface area contributed by atoms with Crippen LogP contribution in [0.1, 0.15) is 31.1 Å². The van der Waals surface area contributed by atoms with Gasteiger partial charge < -0.3 is 14.8 Å². The monoisotopic (exact) mass is 290 g/mol. The molecule has 0 atom stereocenters. The second kappa shape index (κ2) is 6.19. The van der Waals surface area contributed by atoms with E-state index in [1.807, 2.05) is 0 Å². The molecule has 0 amide bonds. The van der Waals surface area contributed by atoms with E-state index >= 15 is 0 Å².